The molecule has 0 aliphatic rings. The Hall–Kier alpha value is -1.35. The van der Waals surface area contributed by atoms with Gasteiger partial charge in [0.15, 0.2) is 0 Å². The molecular weight excluding hydrogens is 193 g/mol. The van der Waals surface area contributed by atoms with Crippen LogP contribution in [0.2, 0.25) is 0 Å². The first-order valence-corrected chi connectivity index (χ1v) is 4.94. The van der Waals surface area contributed by atoms with E-state index in [4.69, 9.17) is 4.74 Å². The molecule has 2 nitrogen and oxygen atoms in total. The summed E-state index contributed by atoms with van der Waals surface area (Å²) in [6.07, 6.45) is 0. The third kappa shape index (κ3) is 3.06. The van der Waals surface area contributed by atoms with E-state index in [-0.39, 0.29) is 5.82 Å². The molecule has 0 heterocycles. The highest BCUT2D eigenvalue weighted by molar-refractivity contribution is 5.58. The summed E-state index contributed by atoms with van der Waals surface area (Å²) in [5.74, 6) is 0.0845. The molecule has 0 saturated heterocycles. The SMILES string of the molecule is C=C(OCC)c1cc(CNC)ccc1F. The molecule has 1 aromatic rings. The fraction of sp³-hybridized carbons (Fsp3) is 0.333. The van der Waals surface area contributed by atoms with Crippen LogP contribution in [0.1, 0.15) is 18.1 Å². The lowest BCUT2D eigenvalue weighted by Crippen LogP contribution is -2.06. The van der Waals surface area contributed by atoms with Gasteiger partial charge in [-0.2, -0.15) is 0 Å². The van der Waals surface area contributed by atoms with Crippen LogP contribution in [0, 0.1) is 5.82 Å². The predicted molar refractivity (Wildman–Crippen MR) is 59.8 cm³/mol. The maximum Gasteiger partial charge on any atom is 0.134 e. The summed E-state index contributed by atoms with van der Waals surface area (Å²) in [6, 6.07) is 4.94. The van der Waals surface area contributed by atoms with E-state index in [1.807, 2.05) is 14.0 Å². The Kier molecular flexibility index (Phi) is 4.31. The normalized spacial score (nSPS) is 10.1. The second-order valence-electron chi connectivity index (χ2n) is 3.20. The van der Waals surface area contributed by atoms with Crippen molar-refractivity contribution in [2.45, 2.75) is 13.5 Å². The molecule has 0 aliphatic heterocycles. The molecule has 0 spiro atoms. The van der Waals surface area contributed by atoms with E-state index in [2.05, 4.69) is 11.9 Å². The summed E-state index contributed by atoms with van der Waals surface area (Å²) in [5, 5.41) is 3.01. The summed E-state index contributed by atoms with van der Waals surface area (Å²) in [6.45, 7) is 6.74. The first-order chi connectivity index (χ1) is 7.19. The number of rotatable bonds is 5. The topological polar surface area (TPSA) is 21.3 Å². The summed E-state index contributed by atoms with van der Waals surface area (Å²) in [7, 11) is 1.85. The largest absolute Gasteiger partial charge is 0.494 e. The van der Waals surface area contributed by atoms with Gasteiger partial charge in [-0.15, -0.1) is 0 Å². The van der Waals surface area contributed by atoms with Crippen molar-refractivity contribution in [3.63, 3.8) is 0 Å². The standard InChI is InChI=1S/C12H16FNO/c1-4-15-9(2)11-7-10(8-14-3)5-6-12(11)13/h5-7,14H,2,4,8H2,1,3H3. The Labute approximate surface area is 89.8 Å². The maximum atomic E-state index is 13.4. The molecule has 0 bridgehead atoms. The second kappa shape index (κ2) is 5.51. The van der Waals surface area contributed by atoms with E-state index >= 15 is 0 Å². The lowest BCUT2D eigenvalue weighted by atomic mass is 10.1. The highest BCUT2D eigenvalue weighted by Crippen LogP contribution is 2.19. The Morgan fingerprint density at radius 3 is 2.87 bits per heavy atom. The first-order valence-electron chi connectivity index (χ1n) is 4.94. The quantitative estimate of drug-likeness (QED) is 0.752. The highest BCUT2D eigenvalue weighted by atomic mass is 19.1. The van der Waals surface area contributed by atoms with Crippen molar-refractivity contribution in [1.82, 2.24) is 5.32 Å². The van der Waals surface area contributed by atoms with Gasteiger partial charge in [0.2, 0.25) is 0 Å². The number of ether oxygens (including phenoxy) is 1. The van der Waals surface area contributed by atoms with E-state index in [0.717, 1.165) is 5.56 Å². The summed E-state index contributed by atoms with van der Waals surface area (Å²) >= 11 is 0. The smallest absolute Gasteiger partial charge is 0.134 e. The summed E-state index contributed by atoms with van der Waals surface area (Å²) in [4.78, 5) is 0. The van der Waals surface area contributed by atoms with Crippen molar-refractivity contribution in [3.8, 4) is 0 Å². The second-order valence-corrected chi connectivity index (χ2v) is 3.20. The Bertz CT molecular complexity index is 349. The van der Waals surface area contributed by atoms with Gasteiger partial charge in [-0.1, -0.05) is 12.6 Å². The Morgan fingerprint density at radius 1 is 1.53 bits per heavy atom. The van der Waals surface area contributed by atoms with Crippen molar-refractivity contribution in [1.29, 1.82) is 0 Å². The van der Waals surface area contributed by atoms with Crippen LogP contribution in [0.5, 0.6) is 0 Å². The van der Waals surface area contributed by atoms with Crippen LogP contribution < -0.4 is 5.32 Å². The van der Waals surface area contributed by atoms with Gasteiger partial charge in [0.1, 0.15) is 11.6 Å². The van der Waals surface area contributed by atoms with Crippen molar-refractivity contribution >= 4 is 5.76 Å². The molecule has 0 atom stereocenters. The molecule has 0 aromatic heterocycles. The molecule has 0 unspecified atom stereocenters. The van der Waals surface area contributed by atoms with Crippen LogP contribution in [0.25, 0.3) is 5.76 Å². The van der Waals surface area contributed by atoms with E-state index in [0.29, 0.717) is 24.5 Å². The molecule has 15 heavy (non-hydrogen) atoms. The van der Waals surface area contributed by atoms with Crippen LogP contribution in [0.3, 0.4) is 0 Å². The minimum absolute atomic E-state index is 0.298. The zero-order valence-corrected chi connectivity index (χ0v) is 9.14. The van der Waals surface area contributed by atoms with Gasteiger partial charge in [-0.05, 0) is 31.7 Å². The zero-order valence-electron chi connectivity index (χ0n) is 9.14. The van der Waals surface area contributed by atoms with Gasteiger partial charge in [0.25, 0.3) is 0 Å². The molecular formula is C12H16FNO. The van der Waals surface area contributed by atoms with E-state index in [1.54, 1.807) is 12.1 Å². The van der Waals surface area contributed by atoms with Crippen LogP contribution in [-0.4, -0.2) is 13.7 Å². The van der Waals surface area contributed by atoms with Gasteiger partial charge in [0.05, 0.1) is 12.2 Å². The van der Waals surface area contributed by atoms with Gasteiger partial charge in [-0.25, -0.2) is 4.39 Å². The van der Waals surface area contributed by atoms with Crippen molar-refractivity contribution in [3.05, 3.63) is 41.7 Å². The molecule has 0 saturated carbocycles. The van der Waals surface area contributed by atoms with E-state index < -0.39 is 0 Å². The molecule has 1 rings (SSSR count). The van der Waals surface area contributed by atoms with Crippen LogP contribution in [0.15, 0.2) is 24.8 Å². The Morgan fingerprint density at radius 2 is 2.27 bits per heavy atom. The van der Waals surface area contributed by atoms with Crippen LogP contribution in [-0.2, 0) is 11.3 Å². The number of hydrogen-bond acceptors (Lipinski definition) is 2. The molecule has 0 amide bonds. The van der Waals surface area contributed by atoms with Crippen LogP contribution >= 0.6 is 0 Å². The fourth-order valence-corrected chi connectivity index (χ4v) is 1.35. The number of hydrogen-bond donors (Lipinski definition) is 1. The molecule has 0 fully saturated rings. The minimum Gasteiger partial charge on any atom is -0.494 e. The number of halogens is 1. The summed E-state index contributed by atoms with van der Waals surface area (Å²) < 4.78 is 18.6. The van der Waals surface area contributed by atoms with E-state index in [9.17, 15) is 4.39 Å². The highest BCUT2D eigenvalue weighted by Gasteiger charge is 2.07. The van der Waals surface area contributed by atoms with Crippen LogP contribution in [0.4, 0.5) is 4.39 Å². The Balaban J connectivity index is 2.94. The van der Waals surface area contributed by atoms with Gasteiger partial charge >= 0.3 is 0 Å². The van der Waals surface area contributed by atoms with Gasteiger partial charge in [-0.3, -0.25) is 0 Å². The monoisotopic (exact) mass is 209 g/mol. The van der Waals surface area contributed by atoms with Crippen molar-refractivity contribution < 1.29 is 9.13 Å². The molecule has 0 radical (unpaired) electrons. The molecule has 1 aromatic carbocycles. The lowest BCUT2D eigenvalue weighted by molar-refractivity contribution is 0.297. The first kappa shape index (κ1) is 11.7. The average molecular weight is 209 g/mol. The average Bonchev–Trinajstić information content (AvgIpc) is 2.21. The van der Waals surface area contributed by atoms with Crippen molar-refractivity contribution in [2.75, 3.05) is 13.7 Å². The molecule has 3 heteroatoms. The van der Waals surface area contributed by atoms with Crippen molar-refractivity contribution in [2.24, 2.45) is 0 Å². The maximum absolute atomic E-state index is 13.4. The number of nitrogens with one attached hydrogen (secondary N) is 1. The minimum atomic E-state index is -0.298. The lowest BCUT2D eigenvalue weighted by Gasteiger charge is -2.09. The zero-order chi connectivity index (χ0) is 11.3. The third-order valence-corrected chi connectivity index (χ3v) is 2.03. The fourth-order valence-electron chi connectivity index (χ4n) is 1.35. The van der Waals surface area contributed by atoms with E-state index in [1.165, 1.54) is 6.07 Å². The predicted octanol–water partition coefficient (Wildman–Crippen LogP) is 2.55. The summed E-state index contributed by atoms with van der Waals surface area (Å²) in [5.41, 5.74) is 1.44. The molecule has 1 N–H and O–H groups in total. The molecule has 0 aliphatic carbocycles. The third-order valence-electron chi connectivity index (χ3n) is 2.03. The number of benzene rings is 1. The molecule has 82 valence electrons. The van der Waals surface area contributed by atoms with Gasteiger partial charge in [0, 0.05) is 6.54 Å². The van der Waals surface area contributed by atoms with Gasteiger partial charge < -0.3 is 10.1 Å².